The van der Waals surface area contributed by atoms with E-state index in [9.17, 15) is 9.59 Å². The van der Waals surface area contributed by atoms with E-state index in [1.807, 2.05) is 4.90 Å². The van der Waals surface area contributed by atoms with Gasteiger partial charge in [-0.05, 0) is 25.8 Å². The Balaban J connectivity index is 1.82. The number of carbonyl (C=O) groups excluding carboxylic acids is 2. The summed E-state index contributed by atoms with van der Waals surface area (Å²) in [7, 11) is 0. The first-order valence-corrected chi connectivity index (χ1v) is 6.46. The third-order valence-electron chi connectivity index (χ3n) is 3.52. The molecule has 0 bridgehead atoms. The zero-order valence-corrected chi connectivity index (χ0v) is 10.4. The van der Waals surface area contributed by atoms with Crippen molar-refractivity contribution in [2.75, 3.05) is 19.6 Å². The van der Waals surface area contributed by atoms with Gasteiger partial charge in [-0.1, -0.05) is 6.42 Å². The van der Waals surface area contributed by atoms with Crippen LogP contribution in [-0.2, 0) is 9.59 Å². The zero-order chi connectivity index (χ0) is 12.3. The lowest BCUT2D eigenvalue weighted by atomic mass is 10.0. The van der Waals surface area contributed by atoms with Gasteiger partial charge in [-0.2, -0.15) is 0 Å². The summed E-state index contributed by atoms with van der Waals surface area (Å²) in [6.07, 6.45) is 4.11. The lowest BCUT2D eigenvalue weighted by Gasteiger charge is -2.27. The molecular weight excluding hydrogens is 218 g/mol. The van der Waals surface area contributed by atoms with Crippen molar-refractivity contribution >= 4 is 11.8 Å². The summed E-state index contributed by atoms with van der Waals surface area (Å²) in [6, 6.07) is 0.139. The molecule has 0 aromatic carbocycles. The van der Waals surface area contributed by atoms with Crippen LogP contribution in [0.15, 0.2) is 0 Å². The minimum atomic E-state index is -0.0138. The first-order valence-electron chi connectivity index (χ1n) is 6.46. The highest BCUT2D eigenvalue weighted by atomic mass is 16.2. The lowest BCUT2D eigenvalue weighted by Crippen LogP contribution is -2.48. The van der Waals surface area contributed by atoms with Crippen LogP contribution >= 0.6 is 0 Å². The van der Waals surface area contributed by atoms with Gasteiger partial charge in [-0.25, -0.2) is 0 Å². The molecule has 5 nitrogen and oxygen atoms in total. The molecule has 2 amide bonds. The predicted molar refractivity (Wildman–Crippen MR) is 64.4 cm³/mol. The Labute approximate surface area is 102 Å². The van der Waals surface area contributed by atoms with E-state index in [4.69, 9.17) is 0 Å². The van der Waals surface area contributed by atoms with Gasteiger partial charge in [0.05, 0.1) is 6.04 Å². The fraction of sp³-hybridized carbons (Fsp3) is 0.833. The van der Waals surface area contributed by atoms with Crippen LogP contribution in [0, 0.1) is 0 Å². The Hall–Kier alpha value is -1.10. The molecule has 2 aliphatic rings. The molecule has 0 radical (unpaired) electrons. The van der Waals surface area contributed by atoms with Gasteiger partial charge in [-0.15, -0.1) is 0 Å². The van der Waals surface area contributed by atoms with Gasteiger partial charge >= 0.3 is 0 Å². The van der Waals surface area contributed by atoms with Crippen molar-refractivity contribution in [3.8, 4) is 0 Å². The number of rotatable bonds is 2. The standard InChI is InChI=1S/C12H21N3O2/c1-9(16)14-10-5-7-15(8-10)12(17)11-4-2-3-6-13-11/h10-11,13H,2-8H2,1H3,(H,14,16)/t10?,11-/m0/s1. The van der Waals surface area contributed by atoms with E-state index in [0.29, 0.717) is 6.54 Å². The summed E-state index contributed by atoms with van der Waals surface area (Å²) >= 11 is 0. The molecule has 2 saturated heterocycles. The normalized spacial score (nSPS) is 29.1. The molecule has 0 aromatic heterocycles. The van der Waals surface area contributed by atoms with E-state index in [2.05, 4.69) is 10.6 Å². The molecule has 2 heterocycles. The van der Waals surface area contributed by atoms with Crippen LogP contribution in [0.2, 0.25) is 0 Å². The SMILES string of the molecule is CC(=O)NC1CCN(C(=O)[C@@H]2CCCCN2)C1. The molecule has 96 valence electrons. The molecule has 2 rings (SSSR count). The van der Waals surface area contributed by atoms with Gasteiger partial charge in [-0.3, -0.25) is 9.59 Å². The second kappa shape index (κ2) is 5.49. The van der Waals surface area contributed by atoms with Crippen molar-refractivity contribution in [3.63, 3.8) is 0 Å². The highest BCUT2D eigenvalue weighted by Gasteiger charge is 2.31. The van der Waals surface area contributed by atoms with Crippen LogP contribution in [0.3, 0.4) is 0 Å². The third kappa shape index (κ3) is 3.19. The first-order chi connectivity index (χ1) is 8.16. The molecule has 2 atom stereocenters. The Morgan fingerprint density at radius 1 is 1.29 bits per heavy atom. The smallest absolute Gasteiger partial charge is 0.239 e. The molecule has 0 aromatic rings. The molecule has 2 fully saturated rings. The molecule has 0 spiro atoms. The second-order valence-electron chi connectivity index (χ2n) is 4.97. The van der Waals surface area contributed by atoms with Crippen molar-refractivity contribution in [2.45, 2.75) is 44.7 Å². The minimum absolute atomic E-state index is 0.000159. The summed E-state index contributed by atoms with van der Waals surface area (Å²) in [5, 5.41) is 6.15. The molecule has 17 heavy (non-hydrogen) atoms. The Bertz CT molecular complexity index is 300. The Morgan fingerprint density at radius 2 is 2.12 bits per heavy atom. The highest BCUT2D eigenvalue weighted by molar-refractivity contribution is 5.82. The number of nitrogens with zero attached hydrogens (tertiary/aromatic N) is 1. The van der Waals surface area contributed by atoms with Crippen LogP contribution < -0.4 is 10.6 Å². The van der Waals surface area contributed by atoms with E-state index < -0.39 is 0 Å². The van der Waals surface area contributed by atoms with Gasteiger partial charge in [0.25, 0.3) is 0 Å². The summed E-state index contributed by atoms with van der Waals surface area (Å²) in [4.78, 5) is 25.0. The number of amides is 2. The molecule has 0 aliphatic carbocycles. The fourth-order valence-corrected chi connectivity index (χ4v) is 2.65. The molecule has 5 heteroatoms. The van der Waals surface area contributed by atoms with Crippen LogP contribution in [0.5, 0.6) is 0 Å². The minimum Gasteiger partial charge on any atom is -0.352 e. The number of carbonyl (C=O) groups is 2. The predicted octanol–water partition coefficient (Wildman–Crippen LogP) is -0.134. The van der Waals surface area contributed by atoms with Gasteiger partial charge in [0.2, 0.25) is 11.8 Å². The summed E-state index contributed by atoms with van der Waals surface area (Å²) < 4.78 is 0. The van der Waals surface area contributed by atoms with Gasteiger partial charge < -0.3 is 15.5 Å². The molecular formula is C12H21N3O2. The van der Waals surface area contributed by atoms with Crippen LogP contribution in [0.4, 0.5) is 0 Å². The maximum Gasteiger partial charge on any atom is 0.239 e. The quantitative estimate of drug-likeness (QED) is 0.705. The molecule has 0 saturated carbocycles. The van der Waals surface area contributed by atoms with E-state index in [-0.39, 0.29) is 23.9 Å². The van der Waals surface area contributed by atoms with Gasteiger partial charge in [0.1, 0.15) is 0 Å². The van der Waals surface area contributed by atoms with Crippen LogP contribution in [-0.4, -0.2) is 48.4 Å². The average Bonchev–Trinajstić information content (AvgIpc) is 2.77. The Morgan fingerprint density at radius 3 is 2.76 bits per heavy atom. The van der Waals surface area contributed by atoms with E-state index >= 15 is 0 Å². The topological polar surface area (TPSA) is 61.4 Å². The number of piperidine rings is 1. The Kier molecular flexibility index (Phi) is 3.99. The maximum atomic E-state index is 12.2. The molecule has 2 aliphatic heterocycles. The molecule has 1 unspecified atom stereocenters. The van der Waals surface area contributed by atoms with Crippen LogP contribution in [0.25, 0.3) is 0 Å². The largest absolute Gasteiger partial charge is 0.352 e. The van der Waals surface area contributed by atoms with Gasteiger partial charge in [0, 0.05) is 26.1 Å². The van der Waals surface area contributed by atoms with E-state index in [1.165, 1.54) is 6.92 Å². The first kappa shape index (κ1) is 12.4. The monoisotopic (exact) mass is 239 g/mol. The van der Waals surface area contributed by atoms with Gasteiger partial charge in [0.15, 0.2) is 0 Å². The summed E-state index contributed by atoms with van der Waals surface area (Å²) in [5.41, 5.74) is 0. The summed E-state index contributed by atoms with van der Waals surface area (Å²) in [5.74, 6) is 0.192. The maximum absolute atomic E-state index is 12.2. The third-order valence-corrected chi connectivity index (χ3v) is 3.52. The van der Waals surface area contributed by atoms with E-state index in [1.54, 1.807) is 0 Å². The number of likely N-dealkylation sites (tertiary alicyclic amines) is 1. The van der Waals surface area contributed by atoms with Crippen molar-refractivity contribution in [3.05, 3.63) is 0 Å². The zero-order valence-electron chi connectivity index (χ0n) is 10.4. The number of hydrogen-bond donors (Lipinski definition) is 2. The highest BCUT2D eigenvalue weighted by Crippen LogP contribution is 2.15. The van der Waals surface area contributed by atoms with Crippen molar-refractivity contribution < 1.29 is 9.59 Å². The summed E-state index contributed by atoms with van der Waals surface area (Å²) in [6.45, 7) is 3.89. The molecule has 2 N–H and O–H groups in total. The number of nitrogens with one attached hydrogen (secondary N) is 2. The van der Waals surface area contributed by atoms with Crippen LogP contribution in [0.1, 0.15) is 32.6 Å². The lowest BCUT2D eigenvalue weighted by molar-refractivity contribution is -0.133. The fourth-order valence-electron chi connectivity index (χ4n) is 2.65. The van der Waals surface area contributed by atoms with Crippen molar-refractivity contribution in [1.82, 2.24) is 15.5 Å². The van der Waals surface area contributed by atoms with Crippen molar-refractivity contribution in [2.24, 2.45) is 0 Å². The van der Waals surface area contributed by atoms with Crippen molar-refractivity contribution in [1.29, 1.82) is 0 Å². The second-order valence-corrected chi connectivity index (χ2v) is 4.97. The number of hydrogen-bond acceptors (Lipinski definition) is 3. The van der Waals surface area contributed by atoms with E-state index in [0.717, 1.165) is 38.8 Å². The average molecular weight is 239 g/mol.